The van der Waals surface area contributed by atoms with Crippen molar-refractivity contribution >= 4 is 17.9 Å². The molecule has 0 fully saturated rings. The van der Waals surface area contributed by atoms with Gasteiger partial charge in [0.2, 0.25) is 0 Å². The van der Waals surface area contributed by atoms with E-state index in [0.29, 0.717) is 19.3 Å². The number of hydrogen-bond donors (Lipinski definition) is 0. The van der Waals surface area contributed by atoms with Crippen LogP contribution in [0.25, 0.3) is 0 Å². The predicted octanol–water partition coefficient (Wildman–Crippen LogP) is 20.0. The molecule has 0 saturated carbocycles. The van der Waals surface area contributed by atoms with Crippen LogP contribution in [0, 0.1) is 0 Å². The lowest BCUT2D eigenvalue weighted by Crippen LogP contribution is -2.30. The summed E-state index contributed by atoms with van der Waals surface area (Å²) in [5.41, 5.74) is 0. The van der Waals surface area contributed by atoms with E-state index in [1.165, 1.54) is 167 Å². The number of carbonyl (C=O) groups excluding carboxylic acids is 3. The Labute approximate surface area is 428 Å². The maximum absolute atomic E-state index is 12.8. The third-order valence-electron chi connectivity index (χ3n) is 13.0. The molecule has 0 spiro atoms. The minimum atomic E-state index is -0.774. The molecule has 6 nitrogen and oxygen atoms in total. The highest BCUT2D eigenvalue weighted by molar-refractivity contribution is 5.71. The maximum Gasteiger partial charge on any atom is 0.306 e. The van der Waals surface area contributed by atoms with Gasteiger partial charge in [0.1, 0.15) is 13.2 Å². The highest BCUT2D eigenvalue weighted by Gasteiger charge is 2.19. The highest BCUT2D eigenvalue weighted by Crippen LogP contribution is 2.16. The predicted molar refractivity (Wildman–Crippen MR) is 298 cm³/mol. The van der Waals surface area contributed by atoms with Gasteiger partial charge in [-0.2, -0.15) is 0 Å². The Bertz CT molecular complexity index is 1250. The maximum atomic E-state index is 12.8. The second kappa shape index (κ2) is 57.7. The first-order valence-corrected chi connectivity index (χ1v) is 29.8. The van der Waals surface area contributed by atoms with Crippen LogP contribution in [0.2, 0.25) is 0 Å². The SMILES string of the molecule is CC/C=C\C/C=C\C/C=C\CCCCCCCCCC(=O)OC(COC(=O)CCCCCCC)COC(=O)CCCCCCCCCCCCCCCCCCC/C=C\C/C=C\CCCCCCC. The Morgan fingerprint density at radius 1 is 0.304 bits per heavy atom. The molecule has 1 atom stereocenters. The van der Waals surface area contributed by atoms with Gasteiger partial charge in [-0.05, 0) is 83.5 Å². The summed E-state index contributed by atoms with van der Waals surface area (Å²) in [6.07, 6.45) is 72.7. The largest absolute Gasteiger partial charge is 0.462 e. The summed E-state index contributed by atoms with van der Waals surface area (Å²) in [6, 6.07) is 0. The molecule has 0 saturated heterocycles. The van der Waals surface area contributed by atoms with Gasteiger partial charge >= 0.3 is 17.9 Å². The van der Waals surface area contributed by atoms with Crippen LogP contribution in [0.4, 0.5) is 0 Å². The van der Waals surface area contributed by atoms with E-state index in [2.05, 4.69) is 81.5 Å². The third kappa shape index (κ3) is 55.9. The molecule has 0 amide bonds. The van der Waals surface area contributed by atoms with E-state index >= 15 is 0 Å². The number of rotatable bonds is 54. The van der Waals surface area contributed by atoms with Crippen LogP contribution >= 0.6 is 0 Å². The van der Waals surface area contributed by atoms with E-state index in [4.69, 9.17) is 14.2 Å². The Balaban J connectivity index is 3.99. The zero-order valence-corrected chi connectivity index (χ0v) is 45.8. The van der Waals surface area contributed by atoms with E-state index < -0.39 is 6.10 Å². The topological polar surface area (TPSA) is 78.9 Å². The van der Waals surface area contributed by atoms with Crippen molar-refractivity contribution in [2.75, 3.05) is 13.2 Å². The average molecular weight is 966 g/mol. The summed E-state index contributed by atoms with van der Waals surface area (Å²) in [4.78, 5) is 37.8. The zero-order valence-electron chi connectivity index (χ0n) is 45.8. The smallest absolute Gasteiger partial charge is 0.306 e. The first kappa shape index (κ1) is 66.1. The lowest BCUT2D eigenvalue weighted by Gasteiger charge is -2.18. The Morgan fingerprint density at radius 2 is 0.565 bits per heavy atom. The van der Waals surface area contributed by atoms with Crippen LogP contribution < -0.4 is 0 Å². The summed E-state index contributed by atoms with van der Waals surface area (Å²) in [5.74, 6) is -0.890. The molecule has 0 aliphatic carbocycles. The standard InChI is InChI=1S/C63H112O6/c1-4-7-10-13-15-17-19-21-23-25-26-27-28-29-30-31-32-33-34-35-36-38-39-41-43-45-47-50-53-56-62(65)68-59-60(58-67-61(64)55-52-49-12-9-6-3)69-63(66)57-54-51-48-46-44-42-40-37-24-22-20-18-16-14-11-8-5-2/h8,11,16,18-19,21-22,24-26,60H,4-7,9-10,12-15,17,20,23,27-59H2,1-3H3/b11-8-,18-16-,21-19-,24-22-,26-25-. The second-order valence-electron chi connectivity index (χ2n) is 19.9. The van der Waals surface area contributed by atoms with Crippen molar-refractivity contribution in [3.8, 4) is 0 Å². The van der Waals surface area contributed by atoms with Crippen LogP contribution in [-0.2, 0) is 28.6 Å². The van der Waals surface area contributed by atoms with Crippen LogP contribution in [0.1, 0.15) is 303 Å². The Kier molecular flexibility index (Phi) is 55.3. The number of hydrogen-bond acceptors (Lipinski definition) is 6. The van der Waals surface area contributed by atoms with Gasteiger partial charge in [-0.25, -0.2) is 0 Å². The van der Waals surface area contributed by atoms with Crippen molar-refractivity contribution in [1.29, 1.82) is 0 Å². The molecule has 0 aromatic carbocycles. The minimum Gasteiger partial charge on any atom is -0.462 e. The van der Waals surface area contributed by atoms with Crippen LogP contribution in [0.15, 0.2) is 60.8 Å². The fourth-order valence-corrected chi connectivity index (χ4v) is 8.55. The molecule has 0 aliphatic rings. The van der Waals surface area contributed by atoms with Crippen LogP contribution in [0.5, 0.6) is 0 Å². The summed E-state index contributed by atoms with van der Waals surface area (Å²) < 4.78 is 16.7. The molecule has 0 heterocycles. The van der Waals surface area contributed by atoms with Crippen molar-refractivity contribution in [2.24, 2.45) is 0 Å². The Hall–Kier alpha value is -2.89. The summed E-state index contributed by atoms with van der Waals surface area (Å²) in [6.45, 7) is 6.45. The van der Waals surface area contributed by atoms with Crippen molar-refractivity contribution in [2.45, 2.75) is 309 Å². The average Bonchev–Trinajstić information content (AvgIpc) is 3.35. The van der Waals surface area contributed by atoms with Crippen LogP contribution in [0.3, 0.4) is 0 Å². The molecule has 0 rings (SSSR count). The number of esters is 3. The van der Waals surface area contributed by atoms with Gasteiger partial charge in [0, 0.05) is 19.3 Å². The summed E-state index contributed by atoms with van der Waals surface area (Å²) in [7, 11) is 0. The lowest BCUT2D eigenvalue weighted by atomic mass is 10.0. The summed E-state index contributed by atoms with van der Waals surface area (Å²) >= 11 is 0. The van der Waals surface area contributed by atoms with Crippen LogP contribution in [-0.4, -0.2) is 37.2 Å². The highest BCUT2D eigenvalue weighted by atomic mass is 16.6. The number of ether oxygens (including phenoxy) is 3. The molecular weight excluding hydrogens is 853 g/mol. The van der Waals surface area contributed by atoms with Crippen molar-refractivity contribution < 1.29 is 28.6 Å². The zero-order chi connectivity index (χ0) is 50.0. The summed E-state index contributed by atoms with van der Waals surface area (Å²) in [5, 5.41) is 0. The van der Waals surface area contributed by atoms with Gasteiger partial charge in [-0.3, -0.25) is 14.4 Å². The molecule has 0 N–H and O–H groups in total. The van der Waals surface area contributed by atoms with Gasteiger partial charge in [0.25, 0.3) is 0 Å². The molecule has 1 unspecified atom stereocenters. The molecule has 0 bridgehead atoms. The monoisotopic (exact) mass is 965 g/mol. The molecule has 0 aliphatic heterocycles. The fraction of sp³-hybridized carbons (Fsp3) is 0.794. The Morgan fingerprint density at radius 3 is 0.884 bits per heavy atom. The second-order valence-corrected chi connectivity index (χ2v) is 19.9. The minimum absolute atomic E-state index is 0.0762. The molecule has 6 heteroatoms. The molecule has 69 heavy (non-hydrogen) atoms. The van der Waals surface area contributed by atoms with E-state index in [1.54, 1.807) is 0 Å². The van der Waals surface area contributed by atoms with Crippen molar-refractivity contribution in [3.63, 3.8) is 0 Å². The normalized spacial score (nSPS) is 12.4. The molecule has 400 valence electrons. The quantitative estimate of drug-likeness (QED) is 0.0262. The lowest BCUT2D eigenvalue weighted by molar-refractivity contribution is -0.167. The van der Waals surface area contributed by atoms with Gasteiger partial charge in [-0.1, -0.05) is 261 Å². The van der Waals surface area contributed by atoms with Gasteiger partial charge in [-0.15, -0.1) is 0 Å². The molecular formula is C63H112O6. The van der Waals surface area contributed by atoms with E-state index in [1.807, 2.05) is 0 Å². The number of allylic oxidation sites excluding steroid dienone is 10. The first-order valence-electron chi connectivity index (χ1n) is 29.8. The first-order chi connectivity index (χ1) is 34.0. The van der Waals surface area contributed by atoms with Crippen molar-refractivity contribution in [3.05, 3.63) is 60.8 Å². The molecule has 0 radical (unpaired) electrons. The number of unbranched alkanes of at least 4 members (excludes halogenated alkanes) is 33. The van der Waals surface area contributed by atoms with Crippen molar-refractivity contribution in [1.82, 2.24) is 0 Å². The van der Waals surface area contributed by atoms with E-state index in [9.17, 15) is 14.4 Å². The third-order valence-corrected chi connectivity index (χ3v) is 13.0. The van der Waals surface area contributed by atoms with Gasteiger partial charge < -0.3 is 14.2 Å². The molecule has 0 aromatic rings. The fourth-order valence-electron chi connectivity index (χ4n) is 8.55. The van der Waals surface area contributed by atoms with E-state index in [-0.39, 0.29) is 31.1 Å². The van der Waals surface area contributed by atoms with Gasteiger partial charge in [0.15, 0.2) is 6.10 Å². The van der Waals surface area contributed by atoms with Gasteiger partial charge in [0.05, 0.1) is 0 Å². The molecule has 0 aromatic heterocycles. The van der Waals surface area contributed by atoms with E-state index in [0.717, 1.165) is 96.3 Å². The number of carbonyl (C=O) groups is 3.